The normalized spacial score (nSPS) is 17.1. The van der Waals surface area contributed by atoms with Crippen LogP contribution in [0.5, 0.6) is 0 Å². The Balaban J connectivity index is 1.78. The van der Waals surface area contributed by atoms with Crippen LogP contribution in [0.1, 0.15) is 30.4 Å². The Bertz CT molecular complexity index is 703. The Kier molecular flexibility index (Phi) is 5.62. The molecule has 0 saturated heterocycles. The van der Waals surface area contributed by atoms with Gasteiger partial charge in [-0.25, -0.2) is 0 Å². The highest BCUT2D eigenvalue weighted by molar-refractivity contribution is 5.92. The van der Waals surface area contributed by atoms with Gasteiger partial charge >= 0.3 is 0 Å². The number of amides is 1. The van der Waals surface area contributed by atoms with Gasteiger partial charge in [-0.3, -0.25) is 4.79 Å². The lowest BCUT2D eigenvalue weighted by molar-refractivity contribution is -0.128. The van der Waals surface area contributed by atoms with E-state index in [0.29, 0.717) is 6.54 Å². The quantitative estimate of drug-likeness (QED) is 0.571. The van der Waals surface area contributed by atoms with Crippen molar-refractivity contribution in [2.24, 2.45) is 0 Å². The second-order valence-corrected chi connectivity index (χ2v) is 6.12. The predicted octanol–water partition coefficient (Wildman–Crippen LogP) is 4.84. The molecule has 0 bridgehead atoms. The van der Waals surface area contributed by atoms with Gasteiger partial charge in [-0.15, -0.1) is 0 Å². The topological polar surface area (TPSA) is 20.3 Å². The van der Waals surface area contributed by atoms with E-state index in [9.17, 15) is 4.79 Å². The van der Waals surface area contributed by atoms with Gasteiger partial charge in [0.1, 0.15) is 0 Å². The Hall–Kier alpha value is -2.61. The van der Waals surface area contributed by atoms with Crippen LogP contribution < -0.4 is 0 Å². The minimum absolute atomic E-state index is 0.0688. The van der Waals surface area contributed by atoms with E-state index in [1.54, 1.807) is 6.08 Å². The number of carbonyl (C=O) groups is 1. The number of nitrogens with zero attached hydrogens (tertiary/aromatic N) is 1. The van der Waals surface area contributed by atoms with Gasteiger partial charge in [0.25, 0.3) is 0 Å². The van der Waals surface area contributed by atoms with Crippen LogP contribution in [-0.4, -0.2) is 16.8 Å². The van der Waals surface area contributed by atoms with Gasteiger partial charge in [0, 0.05) is 12.6 Å². The maximum absolute atomic E-state index is 12.8. The SMILES string of the molecule is O=C(/C=C/c1ccccc1)N(Cc1ccccc1)C1C=CCCC1. The molecule has 122 valence electrons. The molecule has 0 spiro atoms. The first kappa shape index (κ1) is 16.3. The van der Waals surface area contributed by atoms with Crippen LogP contribution in [0, 0.1) is 0 Å². The third-order valence-corrected chi connectivity index (χ3v) is 4.33. The molecule has 1 amide bonds. The van der Waals surface area contributed by atoms with Gasteiger partial charge in [-0.05, 0) is 36.5 Å². The number of benzene rings is 2. The second-order valence-electron chi connectivity index (χ2n) is 6.12. The van der Waals surface area contributed by atoms with E-state index < -0.39 is 0 Å². The summed E-state index contributed by atoms with van der Waals surface area (Å²) in [5.74, 6) is 0.0688. The molecule has 0 N–H and O–H groups in total. The summed E-state index contributed by atoms with van der Waals surface area (Å²) < 4.78 is 0. The number of rotatable bonds is 5. The molecule has 0 aromatic heterocycles. The number of carbonyl (C=O) groups excluding carboxylic acids is 1. The number of hydrogen-bond acceptors (Lipinski definition) is 1. The van der Waals surface area contributed by atoms with E-state index in [0.717, 1.165) is 30.4 Å². The molecule has 2 nitrogen and oxygen atoms in total. The van der Waals surface area contributed by atoms with E-state index in [1.807, 2.05) is 59.5 Å². The van der Waals surface area contributed by atoms with Crippen molar-refractivity contribution in [1.29, 1.82) is 0 Å². The van der Waals surface area contributed by atoms with Crippen LogP contribution >= 0.6 is 0 Å². The smallest absolute Gasteiger partial charge is 0.247 e. The van der Waals surface area contributed by atoms with Gasteiger partial charge in [0.2, 0.25) is 5.91 Å². The van der Waals surface area contributed by atoms with E-state index >= 15 is 0 Å². The maximum atomic E-state index is 12.8. The molecule has 0 radical (unpaired) electrons. The van der Waals surface area contributed by atoms with Gasteiger partial charge in [0.15, 0.2) is 0 Å². The summed E-state index contributed by atoms with van der Waals surface area (Å²) in [6, 6.07) is 20.3. The van der Waals surface area contributed by atoms with Gasteiger partial charge in [-0.2, -0.15) is 0 Å². The lowest BCUT2D eigenvalue weighted by atomic mass is 10.0. The van der Waals surface area contributed by atoms with Crippen molar-refractivity contribution < 1.29 is 4.79 Å². The summed E-state index contributed by atoms with van der Waals surface area (Å²) in [6.45, 7) is 0.647. The minimum Gasteiger partial charge on any atom is -0.328 e. The Morgan fingerprint density at radius 2 is 1.75 bits per heavy atom. The summed E-state index contributed by atoms with van der Waals surface area (Å²) in [5, 5.41) is 0. The van der Waals surface area contributed by atoms with Crippen LogP contribution in [0.25, 0.3) is 6.08 Å². The molecule has 0 heterocycles. The largest absolute Gasteiger partial charge is 0.328 e. The zero-order valence-corrected chi connectivity index (χ0v) is 13.8. The van der Waals surface area contributed by atoms with E-state index in [-0.39, 0.29) is 11.9 Å². The molecule has 24 heavy (non-hydrogen) atoms. The van der Waals surface area contributed by atoms with E-state index in [1.165, 1.54) is 0 Å². The average molecular weight is 317 g/mol. The first-order chi connectivity index (χ1) is 11.8. The van der Waals surface area contributed by atoms with Crippen LogP contribution in [0.2, 0.25) is 0 Å². The fourth-order valence-electron chi connectivity index (χ4n) is 3.02. The van der Waals surface area contributed by atoms with E-state index in [2.05, 4.69) is 24.3 Å². The fraction of sp³-hybridized carbons (Fsp3) is 0.227. The average Bonchev–Trinajstić information content (AvgIpc) is 2.66. The molecule has 1 aliphatic rings. The molecular weight excluding hydrogens is 294 g/mol. The van der Waals surface area contributed by atoms with Crippen LogP contribution in [0.15, 0.2) is 78.9 Å². The molecule has 0 saturated carbocycles. The minimum atomic E-state index is 0.0688. The Morgan fingerprint density at radius 3 is 2.42 bits per heavy atom. The Morgan fingerprint density at radius 1 is 1.04 bits per heavy atom. The number of hydrogen-bond donors (Lipinski definition) is 0. The zero-order valence-electron chi connectivity index (χ0n) is 13.8. The van der Waals surface area contributed by atoms with Crippen LogP contribution in [0.4, 0.5) is 0 Å². The second kappa shape index (κ2) is 8.30. The summed E-state index contributed by atoms with van der Waals surface area (Å²) in [6.07, 6.45) is 11.3. The number of allylic oxidation sites excluding steroid dienone is 1. The molecule has 0 fully saturated rings. The Labute approximate surface area is 144 Å². The zero-order chi connectivity index (χ0) is 16.6. The van der Waals surface area contributed by atoms with Gasteiger partial charge in [-0.1, -0.05) is 72.8 Å². The molecule has 2 heteroatoms. The molecule has 0 aliphatic heterocycles. The van der Waals surface area contributed by atoms with E-state index in [4.69, 9.17) is 0 Å². The first-order valence-corrected chi connectivity index (χ1v) is 8.57. The van der Waals surface area contributed by atoms with Gasteiger partial charge in [0.05, 0.1) is 6.04 Å². The highest BCUT2D eigenvalue weighted by Gasteiger charge is 2.21. The molecule has 3 rings (SSSR count). The molecule has 2 aromatic rings. The highest BCUT2D eigenvalue weighted by Crippen LogP contribution is 2.20. The van der Waals surface area contributed by atoms with Crippen molar-refractivity contribution >= 4 is 12.0 Å². The van der Waals surface area contributed by atoms with Crippen molar-refractivity contribution in [3.8, 4) is 0 Å². The van der Waals surface area contributed by atoms with Crippen molar-refractivity contribution in [2.45, 2.75) is 31.8 Å². The third-order valence-electron chi connectivity index (χ3n) is 4.33. The highest BCUT2D eigenvalue weighted by atomic mass is 16.2. The lowest BCUT2D eigenvalue weighted by Gasteiger charge is -2.31. The molecule has 1 atom stereocenters. The fourth-order valence-corrected chi connectivity index (χ4v) is 3.02. The monoisotopic (exact) mass is 317 g/mol. The maximum Gasteiger partial charge on any atom is 0.247 e. The molecular formula is C22H23NO. The molecule has 1 aliphatic carbocycles. The summed E-state index contributed by atoms with van der Waals surface area (Å²) >= 11 is 0. The van der Waals surface area contributed by atoms with Crippen molar-refractivity contribution in [1.82, 2.24) is 4.90 Å². The summed E-state index contributed by atoms with van der Waals surface area (Å²) in [4.78, 5) is 14.8. The molecule has 2 aromatic carbocycles. The van der Waals surface area contributed by atoms with Crippen LogP contribution in [0.3, 0.4) is 0 Å². The van der Waals surface area contributed by atoms with Crippen molar-refractivity contribution in [3.63, 3.8) is 0 Å². The standard InChI is InChI=1S/C22H23NO/c24-22(17-16-19-10-4-1-5-11-19)23(21-14-8-3-9-15-21)18-20-12-6-2-7-13-20/h1-2,4-8,10-14,16-17,21H,3,9,15,18H2/b17-16+. The predicted molar refractivity (Wildman–Crippen MR) is 99.2 cm³/mol. The van der Waals surface area contributed by atoms with Crippen molar-refractivity contribution in [3.05, 3.63) is 90.0 Å². The molecule has 1 unspecified atom stereocenters. The first-order valence-electron chi connectivity index (χ1n) is 8.57. The lowest BCUT2D eigenvalue weighted by Crippen LogP contribution is -2.38. The summed E-state index contributed by atoms with van der Waals surface area (Å²) in [7, 11) is 0. The van der Waals surface area contributed by atoms with Gasteiger partial charge < -0.3 is 4.90 Å². The summed E-state index contributed by atoms with van der Waals surface area (Å²) in [5.41, 5.74) is 2.21. The van der Waals surface area contributed by atoms with Crippen molar-refractivity contribution in [2.75, 3.05) is 0 Å². The third kappa shape index (κ3) is 4.45. The van der Waals surface area contributed by atoms with Crippen LogP contribution in [-0.2, 0) is 11.3 Å².